The van der Waals surface area contributed by atoms with Gasteiger partial charge in [0.25, 0.3) is 0 Å². The van der Waals surface area contributed by atoms with Crippen LogP contribution in [0.2, 0.25) is 0 Å². The Morgan fingerprint density at radius 2 is 1.95 bits per heavy atom. The number of ether oxygens (including phenoxy) is 1. The Kier molecular flexibility index (Phi) is 7.47. The third-order valence-corrected chi connectivity index (χ3v) is 2.73. The van der Waals surface area contributed by atoms with Crippen molar-refractivity contribution in [1.82, 2.24) is 10.6 Å². The summed E-state index contributed by atoms with van der Waals surface area (Å²) in [6, 6.07) is 1.99. The summed E-state index contributed by atoms with van der Waals surface area (Å²) in [5.74, 6) is 0.344. The second-order valence-corrected chi connectivity index (χ2v) is 5.96. The van der Waals surface area contributed by atoms with Crippen LogP contribution in [0.1, 0.15) is 41.5 Å². The van der Waals surface area contributed by atoms with Crippen LogP contribution >= 0.6 is 0 Å². The summed E-state index contributed by atoms with van der Waals surface area (Å²) < 4.78 is 5.19. The molecule has 2 N–H and O–H groups in total. The number of carbonyl (C=O) groups is 1. The van der Waals surface area contributed by atoms with Gasteiger partial charge in [0, 0.05) is 12.5 Å². The Morgan fingerprint density at radius 1 is 1.37 bits per heavy atom. The van der Waals surface area contributed by atoms with Crippen LogP contribution in [-0.2, 0) is 4.74 Å². The normalized spacial score (nSPS) is 14.6. The molecule has 5 nitrogen and oxygen atoms in total. The van der Waals surface area contributed by atoms with Crippen LogP contribution in [0.25, 0.3) is 0 Å². The molecule has 0 aromatic carbocycles. The maximum atomic E-state index is 11.6. The predicted octanol–water partition coefficient (Wildman–Crippen LogP) is 2.28. The molecule has 2 atom stereocenters. The highest BCUT2D eigenvalue weighted by Gasteiger charge is 2.25. The van der Waals surface area contributed by atoms with Crippen molar-refractivity contribution in [3.63, 3.8) is 0 Å². The monoisotopic (exact) mass is 269 g/mol. The number of nitrogens with zero attached hydrogens (tertiary/aromatic N) is 1. The van der Waals surface area contributed by atoms with E-state index < -0.39 is 11.7 Å². The van der Waals surface area contributed by atoms with Crippen LogP contribution in [-0.4, -0.2) is 30.8 Å². The van der Waals surface area contributed by atoms with Crippen LogP contribution in [0.15, 0.2) is 0 Å². The maximum Gasteiger partial charge on any atom is 0.407 e. The Labute approximate surface area is 116 Å². The fourth-order valence-corrected chi connectivity index (χ4v) is 1.77. The molecule has 0 rings (SSSR count). The van der Waals surface area contributed by atoms with Gasteiger partial charge in [-0.25, -0.2) is 4.79 Å². The first-order chi connectivity index (χ1) is 8.71. The second-order valence-electron chi connectivity index (χ2n) is 5.96. The number of carbonyl (C=O) groups excluding carboxylic acids is 1. The largest absolute Gasteiger partial charge is 0.444 e. The maximum absolute atomic E-state index is 11.6. The molecular weight excluding hydrogens is 242 g/mol. The smallest absolute Gasteiger partial charge is 0.407 e. The molecule has 0 bridgehead atoms. The highest BCUT2D eigenvalue weighted by Crippen LogP contribution is 2.15. The molecule has 2 unspecified atom stereocenters. The average molecular weight is 269 g/mol. The van der Waals surface area contributed by atoms with Crippen LogP contribution in [0, 0.1) is 23.2 Å². The summed E-state index contributed by atoms with van der Waals surface area (Å²) in [6.45, 7) is 12.7. The Bertz CT molecular complexity index is 316. The van der Waals surface area contributed by atoms with E-state index >= 15 is 0 Å². The molecule has 110 valence electrons. The number of hydrogen-bond donors (Lipinski definition) is 2. The molecule has 0 fully saturated rings. The first-order valence-electron chi connectivity index (χ1n) is 6.81. The van der Waals surface area contributed by atoms with Gasteiger partial charge in [-0.3, -0.25) is 0 Å². The standard InChI is InChI=1S/C14H27N3O2/c1-7-16-12(8-15)11(10(2)3)9-17-13(18)19-14(4,5)6/h10-12,16H,7,9H2,1-6H3,(H,17,18). The number of rotatable bonds is 6. The molecule has 0 aliphatic carbocycles. The van der Waals surface area contributed by atoms with E-state index in [-0.39, 0.29) is 12.0 Å². The summed E-state index contributed by atoms with van der Waals surface area (Å²) in [4.78, 5) is 11.6. The van der Waals surface area contributed by atoms with Gasteiger partial charge in [-0.2, -0.15) is 5.26 Å². The van der Waals surface area contributed by atoms with Crippen LogP contribution in [0.3, 0.4) is 0 Å². The number of hydrogen-bond acceptors (Lipinski definition) is 4. The van der Waals surface area contributed by atoms with E-state index in [1.54, 1.807) is 0 Å². The molecule has 5 heteroatoms. The van der Waals surface area contributed by atoms with Crippen molar-refractivity contribution >= 4 is 6.09 Å². The van der Waals surface area contributed by atoms with E-state index in [1.165, 1.54) is 0 Å². The molecule has 0 aliphatic rings. The molecule has 0 aromatic heterocycles. The van der Waals surface area contributed by atoms with Crippen molar-refractivity contribution < 1.29 is 9.53 Å². The first kappa shape index (κ1) is 17.7. The molecule has 0 saturated carbocycles. The summed E-state index contributed by atoms with van der Waals surface area (Å²) in [6.07, 6.45) is -0.439. The van der Waals surface area contributed by atoms with Crippen molar-refractivity contribution in [2.75, 3.05) is 13.1 Å². The third-order valence-electron chi connectivity index (χ3n) is 2.73. The highest BCUT2D eigenvalue weighted by molar-refractivity contribution is 5.67. The molecule has 0 saturated heterocycles. The van der Waals surface area contributed by atoms with Gasteiger partial charge >= 0.3 is 6.09 Å². The first-order valence-corrected chi connectivity index (χ1v) is 6.81. The summed E-state index contributed by atoms with van der Waals surface area (Å²) in [7, 11) is 0. The van der Waals surface area contributed by atoms with Gasteiger partial charge in [-0.05, 0) is 33.2 Å². The van der Waals surface area contributed by atoms with Crippen molar-refractivity contribution in [2.45, 2.75) is 53.2 Å². The van der Waals surface area contributed by atoms with E-state index in [9.17, 15) is 10.1 Å². The number of amides is 1. The number of nitrogens with one attached hydrogen (secondary N) is 2. The quantitative estimate of drug-likeness (QED) is 0.776. The van der Waals surface area contributed by atoms with Crippen molar-refractivity contribution in [3.05, 3.63) is 0 Å². The molecule has 0 aromatic rings. The zero-order chi connectivity index (χ0) is 15.1. The Morgan fingerprint density at radius 3 is 2.32 bits per heavy atom. The number of alkyl carbamates (subject to hydrolysis) is 1. The SMILES string of the molecule is CCNC(C#N)C(CNC(=O)OC(C)(C)C)C(C)C. The van der Waals surface area contributed by atoms with Crippen LogP contribution < -0.4 is 10.6 Å². The fraction of sp³-hybridized carbons (Fsp3) is 0.857. The van der Waals surface area contributed by atoms with Gasteiger partial charge in [0.1, 0.15) is 11.6 Å². The summed E-state index contributed by atoms with van der Waals surface area (Å²) in [5.41, 5.74) is -0.506. The third kappa shape index (κ3) is 7.68. The molecular formula is C14H27N3O2. The Hall–Kier alpha value is -1.28. The van der Waals surface area contributed by atoms with Crippen LogP contribution in [0.4, 0.5) is 4.79 Å². The van der Waals surface area contributed by atoms with Gasteiger partial charge in [-0.1, -0.05) is 20.8 Å². The van der Waals surface area contributed by atoms with Gasteiger partial charge in [0.15, 0.2) is 0 Å². The molecule has 0 aliphatic heterocycles. The molecule has 0 radical (unpaired) electrons. The lowest BCUT2D eigenvalue weighted by Gasteiger charge is -2.27. The summed E-state index contributed by atoms with van der Waals surface area (Å²) >= 11 is 0. The van der Waals surface area contributed by atoms with Crippen LogP contribution in [0.5, 0.6) is 0 Å². The van der Waals surface area contributed by atoms with Gasteiger partial charge in [0.05, 0.1) is 6.07 Å². The van der Waals surface area contributed by atoms with E-state index in [4.69, 9.17) is 4.74 Å². The van der Waals surface area contributed by atoms with Crippen molar-refractivity contribution in [3.8, 4) is 6.07 Å². The van der Waals surface area contributed by atoms with E-state index in [0.717, 1.165) is 6.54 Å². The highest BCUT2D eigenvalue weighted by atomic mass is 16.6. The summed E-state index contributed by atoms with van der Waals surface area (Å²) in [5, 5.41) is 15.0. The van der Waals surface area contributed by atoms with E-state index in [1.807, 2.05) is 41.5 Å². The van der Waals surface area contributed by atoms with E-state index in [2.05, 4.69) is 16.7 Å². The lowest BCUT2D eigenvalue weighted by Crippen LogP contribution is -2.45. The van der Waals surface area contributed by atoms with Crippen molar-refractivity contribution in [1.29, 1.82) is 5.26 Å². The molecule has 0 spiro atoms. The van der Waals surface area contributed by atoms with E-state index in [0.29, 0.717) is 12.5 Å². The molecule has 1 amide bonds. The predicted molar refractivity (Wildman–Crippen MR) is 75.6 cm³/mol. The topological polar surface area (TPSA) is 74.2 Å². The van der Waals surface area contributed by atoms with Crippen molar-refractivity contribution in [2.24, 2.45) is 11.8 Å². The minimum Gasteiger partial charge on any atom is -0.444 e. The Balaban J connectivity index is 4.45. The lowest BCUT2D eigenvalue weighted by atomic mass is 9.89. The lowest BCUT2D eigenvalue weighted by molar-refractivity contribution is 0.0512. The fourth-order valence-electron chi connectivity index (χ4n) is 1.77. The minimum absolute atomic E-state index is 0.0532. The molecule has 0 heterocycles. The molecule has 19 heavy (non-hydrogen) atoms. The number of nitriles is 1. The zero-order valence-corrected chi connectivity index (χ0v) is 12.9. The zero-order valence-electron chi connectivity index (χ0n) is 12.9. The average Bonchev–Trinajstić information content (AvgIpc) is 2.24. The van der Waals surface area contributed by atoms with Gasteiger partial charge in [0.2, 0.25) is 0 Å². The van der Waals surface area contributed by atoms with Gasteiger partial charge in [-0.15, -0.1) is 0 Å². The minimum atomic E-state index is -0.506. The second kappa shape index (κ2) is 8.00. The van der Waals surface area contributed by atoms with Gasteiger partial charge < -0.3 is 15.4 Å².